The van der Waals surface area contributed by atoms with E-state index in [4.69, 9.17) is 9.40 Å². The van der Waals surface area contributed by atoms with Gasteiger partial charge in [-0.25, -0.2) is 15.0 Å². The van der Waals surface area contributed by atoms with Gasteiger partial charge >= 0.3 is 0 Å². The first-order valence-electron chi connectivity index (χ1n) is 12.0. The third-order valence-electron chi connectivity index (χ3n) is 6.43. The molecule has 0 atom stereocenters. The fourth-order valence-electron chi connectivity index (χ4n) is 4.74. The fraction of sp³-hybridized carbons (Fsp3) is 0. The van der Waals surface area contributed by atoms with E-state index in [1.807, 2.05) is 66.9 Å². The first-order chi connectivity index (χ1) is 18.3. The third kappa shape index (κ3) is 3.72. The monoisotopic (exact) mass is 479 g/mol. The van der Waals surface area contributed by atoms with Crippen LogP contribution in [0.3, 0.4) is 0 Å². The van der Waals surface area contributed by atoms with Crippen LogP contribution in [0.5, 0.6) is 0 Å². The summed E-state index contributed by atoms with van der Waals surface area (Å²) < 4.78 is 7.63. The Morgan fingerprint density at radius 3 is 2.51 bits per heavy atom. The fourth-order valence-corrected chi connectivity index (χ4v) is 4.74. The Labute approximate surface area is 213 Å². The van der Waals surface area contributed by atoms with Gasteiger partial charge in [0.05, 0.1) is 5.69 Å². The minimum absolute atomic E-state index is 0.741. The number of fused-ring (bicyclic) bond motifs is 2. The van der Waals surface area contributed by atoms with Crippen LogP contribution in [-0.2, 0) is 0 Å². The Bertz CT molecular complexity index is 1850. The number of benzene rings is 3. The maximum atomic E-state index is 5.52. The van der Waals surface area contributed by atoms with Gasteiger partial charge in [-0.15, -0.1) is 0 Å². The summed E-state index contributed by atoms with van der Waals surface area (Å²) in [7, 11) is 0. The summed E-state index contributed by atoms with van der Waals surface area (Å²) in [5, 5.41) is 1.10. The van der Waals surface area contributed by atoms with E-state index < -0.39 is 0 Å². The minimum atomic E-state index is 0.741. The third-order valence-corrected chi connectivity index (χ3v) is 6.43. The molecule has 7 rings (SSSR count). The van der Waals surface area contributed by atoms with Crippen LogP contribution in [0, 0.1) is 0 Å². The van der Waals surface area contributed by atoms with Crippen LogP contribution in [-0.4, -0.2) is 19.5 Å². The van der Waals surface area contributed by atoms with Crippen molar-refractivity contribution in [1.29, 1.82) is 0 Å². The molecule has 0 saturated heterocycles. The molecule has 6 nitrogen and oxygen atoms in total. The minimum Gasteiger partial charge on any atom is -0.443 e. The molecule has 0 amide bonds. The van der Waals surface area contributed by atoms with E-state index in [9.17, 15) is 0 Å². The zero-order valence-electron chi connectivity index (χ0n) is 19.8. The SMILES string of the molecule is c1ccc(N(c2cccc(-n3ccc4cccnc43)c2)c2cccc(-c3cccc4ocnc34)n2)cc1. The molecule has 0 radical (unpaired) electrons. The molecule has 0 aliphatic rings. The molecule has 176 valence electrons. The molecule has 7 aromatic rings. The second-order valence-electron chi connectivity index (χ2n) is 8.68. The van der Waals surface area contributed by atoms with E-state index in [1.54, 1.807) is 0 Å². The second kappa shape index (κ2) is 8.77. The van der Waals surface area contributed by atoms with Gasteiger partial charge in [-0.1, -0.05) is 42.5 Å². The number of pyridine rings is 2. The number of oxazole rings is 1. The van der Waals surface area contributed by atoms with Crippen molar-refractivity contribution in [1.82, 2.24) is 19.5 Å². The Morgan fingerprint density at radius 1 is 0.703 bits per heavy atom. The Morgan fingerprint density at radius 2 is 1.57 bits per heavy atom. The highest BCUT2D eigenvalue weighted by Crippen LogP contribution is 2.36. The van der Waals surface area contributed by atoms with Gasteiger partial charge < -0.3 is 8.98 Å². The topological polar surface area (TPSA) is 60.0 Å². The number of hydrogen-bond donors (Lipinski definition) is 0. The normalized spacial score (nSPS) is 11.2. The molecule has 0 saturated carbocycles. The van der Waals surface area contributed by atoms with Crippen molar-refractivity contribution >= 4 is 39.3 Å². The molecule has 0 fully saturated rings. The van der Waals surface area contributed by atoms with Gasteiger partial charge in [0.15, 0.2) is 12.0 Å². The number of nitrogens with zero attached hydrogens (tertiary/aromatic N) is 5. The predicted molar refractivity (Wildman–Crippen MR) is 147 cm³/mol. The molecular formula is C31H21N5O. The first-order valence-corrected chi connectivity index (χ1v) is 12.0. The Hall–Kier alpha value is -5.23. The maximum Gasteiger partial charge on any atom is 0.182 e. The smallest absolute Gasteiger partial charge is 0.182 e. The molecule has 37 heavy (non-hydrogen) atoms. The van der Waals surface area contributed by atoms with Crippen molar-refractivity contribution < 1.29 is 4.42 Å². The Balaban J connectivity index is 1.38. The van der Waals surface area contributed by atoms with Crippen molar-refractivity contribution in [2.75, 3.05) is 4.90 Å². The summed E-state index contributed by atoms with van der Waals surface area (Å²) in [5.41, 5.74) is 7.25. The number of anilines is 3. The lowest BCUT2D eigenvalue weighted by molar-refractivity contribution is 0.602. The molecule has 4 heterocycles. The largest absolute Gasteiger partial charge is 0.443 e. The summed E-state index contributed by atoms with van der Waals surface area (Å²) in [6.07, 6.45) is 5.35. The van der Waals surface area contributed by atoms with Crippen LogP contribution in [0.4, 0.5) is 17.2 Å². The van der Waals surface area contributed by atoms with Crippen molar-refractivity contribution in [2.45, 2.75) is 0 Å². The lowest BCUT2D eigenvalue weighted by Gasteiger charge is -2.25. The van der Waals surface area contributed by atoms with Gasteiger partial charge in [-0.05, 0) is 66.7 Å². The summed E-state index contributed by atoms with van der Waals surface area (Å²) in [4.78, 5) is 16.3. The van der Waals surface area contributed by atoms with Crippen LogP contribution in [0.15, 0.2) is 132 Å². The van der Waals surface area contributed by atoms with Crippen LogP contribution in [0.2, 0.25) is 0 Å². The molecule has 3 aromatic carbocycles. The van der Waals surface area contributed by atoms with Gasteiger partial charge in [0, 0.05) is 40.4 Å². The number of para-hydroxylation sites is 2. The molecule has 4 aromatic heterocycles. The van der Waals surface area contributed by atoms with Crippen molar-refractivity contribution in [2.24, 2.45) is 0 Å². The van der Waals surface area contributed by atoms with Crippen molar-refractivity contribution in [3.05, 3.63) is 128 Å². The zero-order valence-corrected chi connectivity index (χ0v) is 19.8. The van der Waals surface area contributed by atoms with E-state index in [-0.39, 0.29) is 0 Å². The average molecular weight is 480 g/mol. The average Bonchev–Trinajstić information content (AvgIpc) is 3.62. The van der Waals surface area contributed by atoms with Gasteiger partial charge in [0.25, 0.3) is 0 Å². The molecule has 0 unspecified atom stereocenters. The molecule has 0 bridgehead atoms. The summed E-state index contributed by atoms with van der Waals surface area (Å²) >= 11 is 0. The Kier molecular flexibility index (Phi) is 5.00. The lowest BCUT2D eigenvalue weighted by Crippen LogP contribution is -2.12. The van der Waals surface area contributed by atoms with Gasteiger partial charge in [-0.3, -0.25) is 4.90 Å². The van der Waals surface area contributed by atoms with Crippen molar-refractivity contribution in [3.8, 4) is 16.9 Å². The molecule has 0 aliphatic carbocycles. The molecule has 0 aliphatic heterocycles. The molecular weight excluding hydrogens is 458 g/mol. The van der Waals surface area contributed by atoms with Gasteiger partial charge in [-0.2, -0.15) is 0 Å². The van der Waals surface area contributed by atoms with E-state index in [1.165, 1.54) is 6.39 Å². The first kappa shape index (κ1) is 21.1. The van der Waals surface area contributed by atoms with E-state index in [0.717, 1.165) is 56.3 Å². The summed E-state index contributed by atoms with van der Waals surface area (Å²) in [6.45, 7) is 0. The molecule has 0 N–H and O–H groups in total. The van der Waals surface area contributed by atoms with Crippen LogP contribution in [0.1, 0.15) is 0 Å². The predicted octanol–water partition coefficient (Wildman–Crippen LogP) is 7.70. The quantitative estimate of drug-likeness (QED) is 0.253. The van der Waals surface area contributed by atoms with Gasteiger partial charge in [0.1, 0.15) is 17.0 Å². The highest BCUT2D eigenvalue weighted by Gasteiger charge is 2.17. The highest BCUT2D eigenvalue weighted by molar-refractivity contribution is 5.90. The number of aromatic nitrogens is 4. The van der Waals surface area contributed by atoms with E-state index >= 15 is 0 Å². The summed E-state index contributed by atoms with van der Waals surface area (Å²) in [6, 6.07) is 36.8. The van der Waals surface area contributed by atoms with Crippen LogP contribution >= 0.6 is 0 Å². The maximum absolute atomic E-state index is 5.52. The van der Waals surface area contributed by atoms with Crippen LogP contribution in [0.25, 0.3) is 39.1 Å². The number of hydrogen-bond acceptors (Lipinski definition) is 5. The van der Waals surface area contributed by atoms with Crippen LogP contribution < -0.4 is 4.90 Å². The highest BCUT2D eigenvalue weighted by atomic mass is 16.3. The van der Waals surface area contributed by atoms with Gasteiger partial charge in [0.2, 0.25) is 0 Å². The lowest BCUT2D eigenvalue weighted by atomic mass is 10.1. The number of rotatable bonds is 5. The zero-order chi connectivity index (χ0) is 24.6. The van der Waals surface area contributed by atoms with E-state index in [0.29, 0.717) is 0 Å². The molecule has 0 spiro atoms. The standard InChI is InChI=1S/C31H21N5O/c1-2-9-23(10-3-1)36(25-12-4-11-24(20-25)35-19-17-22-8-7-18-32-31(22)35)29-16-6-14-27(34-29)26-13-5-15-28-30(26)33-21-37-28/h1-21H. The molecule has 6 heteroatoms. The second-order valence-corrected chi connectivity index (χ2v) is 8.68. The van der Waals surface area contributed by atoms with Crippen molar-refractivity contribution in [3.63, 3.8) is 0 Å². The summed E-state index contributed by atoms with van der Waals surface area (Å²) in [5.74, 6) is 0.803. The van der Waals surface area contributed by atoms with E-state index in [2.05, 4.69) is 74.2 Å².